The smallest absolute Gasteiger partial charge is 0.276 e. The molecule has 0 bridgehead atoms. The first-order valence-corrected chi connectivity index (χ1v) is 9.74. The van der Waals surface area contributed by atoms with Crippen molar-refractivity contribution in [3.63, 3.8) is 0 Å². The van der Waals surface area contributed by atoms with Crippen LogP contribution in [-0.4, -0.2) is 53.7 Å². The fraction of sp³-hybridized carbons (Fsp3) is 0.722. The van der Waals surface area contributed by atoms with E-state index in [0.717, 1.165) is 31.8 Å². The zero-order valence-corrected chi connectivity index (χ0v) is 15.4. The van der Waals surface area contributed by atoms with Crippen molar-refractivity contribution in [1.82, 2.24) is 34.7 Å². The average molecular weight is 357 g/mol. The zero-order valence-electron chi connectivity index (χ0n) is 15.4. The number of rotatable bonds is 4. The number of carbonyl (C=O) groups is 1. The van der Waals surface area contributed by atoms with E-state index in [1.165, 1.54) is 32.1 Å². The van der Waals surface area contributed by atoms with E-state index in [9.17, 15) is 4.79 Å². The standard InChI is InChI=1S/C18H27N7O/c1-23-13-19-21-17(23)15-8-5-9-24(11-15)18(26)16-12-25(22-20-16)10-14-6-3-2-4-7-14/h12-15H,2-11H2,1H3/t15-/m1/s1. The topological polar surface area (TPSA) is 81.7 Å². The third kappa shape index (κ3) is 3.64. The first kappa shape index (κ1) is 17.2. The molecule has 1 aliphatic carbocycles. The van der Waals surface area contributed by atoms with Crippen molar-refractivity contribution in [3.05, 3.63) is 24.0 Å². The SMILES string of the molecule is Cn1cnnc1[C@@H]1CCCN(C(=O)c2cn(CC3CCCCC3)nn2)C1. The van der Waals surface area contributed by atoms with E-state index in [0.29, 0.717) is 18.2 Å². The predicted octanol–water partition coefficient (Wildman–Crippen LogP) is 2.01. The summed E-state index contributed by atoms with van der Waals surface area (Å²) in [7, 11) is 1.95. The minimum atomic E-state index is -0.0215. The van der Waals surface area contributed by atoms with Gasteiger partial charge in [0.05, 0.1) is 6.20 Å². The van der Waals surface area contributed by atoms with Gasteiger partial charge in [-0.15, -0.1) is 15.3 Å². The first-order chi connectivity index (χ1) is 12.7. The van der Waals surface area contributed by atoms with E-state index in [2.05, 4.69) is 20.5 Å². The number of likely N-dealkylation sites (tertiary alicyclic amines) is 1. The molecule has 8 nitrogen and oxygen atoms in total. The summed E-state index contributed by atoms with van der Waals surface area (Å²) in [4.78, 5) is 14.8. The van der Waals surface area contributed by atoms with Crippen LogP contribution in [0.15, 0.2) is 12.5 Å². The molecule has 1 saturated heterocycles. The molecule has 2 aromatic rings. The number of hydrogen-bond acceptors (Lipinski definition) is 5. The van der Waals surface area contributed by atoms with Gasteiger partial charge in [-0.3, -0.25) is 9.48 Å². The number of amides is 1. The Bertz CT molecular complexity index is 746. The highest BCUT2D eigenvalue weighted by Crippen LogP contribution is 2.26. The Kier molecular flexibility index (Phi) is 4.99. The van der Waals surface area contributed by atoms with Crippen molar-refractivity contribution < 1.29 is 4.79 Å². The van der Waals surface area contributed by atoms with Crippen molar-refractivity contribution >= 4 is 5.91 Å². The number of piperidine rings is 1. The first-order valence-electron chi connectivity index (χ1n) is 9.74. The molecule has 140 valence electrons. The second kappa shape index (κ2) is 7.55. The van der Waals surface area contributed by atoms with Crippen LogP contribution in [0.4, 0.5) is 0 Å². The highest BCUT2D eigenvalue weighted by molar-refractivity contribution is 5.92. The maximum absolute atomic E-state index is 12.9. The van der Waals surface area contributed by atoms with Gasteiger partial charge in [-0.1, -0.05) is 24.5 Å². The summed E-state index contributed by atoms with van der Waals surface area (Å²) in [6.45, 7) is 2.31. The van der Waals surface area contributed by atoms with Gasteiger partial charge < -0.3 is 9.47 Å². The molecule has 4 rings (SSSR count). The quantitative estimate of drug-likeness (QED) is 0.836. The number of carbonyl (C=O) groups excluding carboxylic acids is 1. The average Bonchev–Trinajstić information content (AvgIpc) is 3.31. The summed E-state index contributed by atoms with van der Waals surface area (Å²) >= 11 is 0. The van der Waals surface area contributed by atoms with E-state index in [-0.39, 0.29) is 11.8 Å². The van der Waals surface area contributed by atoms with E-state index in [1.54, 1.807) is 6.33 Å². The second-order valence-electron chi connectivity index (χ2n) is 7.72. The Labute approximate surface area is 153 Å². The van der Waals surface area contributed by atoms with E-state index in [1.807, 2.05) is 27.4 Å². The van der Waals surface area contributed by atoms with Crippen LogP contribution in [0.5, 0.6) is 0 Å². The normalized spacial score (nSPS) is 21.9. The fourth-order valence-electron chi connectivity index (χ4n) is 4.32. The molecule has 0 unspecified atom stereocenters. The van der Waals surface area contributed by atoms with Gasteiger partial charge >= 0.3 is 0 Å². The summed E-state index contributed by atoms with van der Waals surface area (Å²) in [5, 5.41) is 16.5. The number of nitrogens with zero attached hydrogens (tertiary/aromatic N) is 7. The molecular weight excluding hydrogens is 330 g/mol. The molecule has 3 heterocycles. The van der Waals surface area contributed by atoms with Gasteiger partial charge in [-0.05, 0) is 31.6 Å². The van der Waals surface area contributed by atoms with Gasteiger partial charge in [-0.25, -0.2) is 0 Å². The van der Waals surface area contributed by atoms with Gasteiger partial charge in [-0.2, -0.15) is 0 Å². The third-order valence-corrected chi connectivity index (χ3v) is 5.75. The number of hydrogen-bond donors (Lipinski definition) is 0. The molecule has 1 atom stereocenters. The van der Waals surface area contributed by atoms with Crippen LogP contribution in [0, 0.1) is 5.92 Å². The molecule has 0 spiro atoms. The molecule has 2 aromatic heterocycles. The molecule has 0 N–H and O–H groups in total. The lowest BCUT2D eigenvalue weighted by Crippen LogP contribution is -2.39. The Morgan fingerprint density at radius 1 is 1.15 bits per heavy atom. The molecule has 1 amide bonds. The van der Waals surface area contributed by atoms with Crippen LogP contribution in [0.3, 0.4) is 0 Å². The molecule has 0 radical (unpaired) electrons. The highest BCUT2D eigenvalue weighted by Gasteiger charge is 2.29. The van der Waals surface area contributed by atoms with Crippen LogP contribution in [-0.2, 0) is 13.6 Å². The summed E-state index contributed by atoms with van der Waals surface area (Å²) in [5.74, 6) is 1.83. The minimum absolute atomic E-state index is 0.0215. The van der Waals surface area contributed by atoms with E-state index < -0.39 is 0 Å². The molecule has 0 aromatic carbocycles. The Balaban J connectivity index is 1.40. The van der Waals surface area contributed by atoms with Crippen LogP contribution >= 0.6 is 0 Å². The molecule has 2 fully saturated rings. The third-order valence-electron chi connectivity index (χ3n) is 5.75. The summed E-state index contributed by atoms with van der Waals surface area (Å²) in [6.07, 6.45) is 12.0. The van der Waals surface area contributed by atoms with Crippen LogP contribution in [0.1, 0.15) is 67.2 Å². The minimum Gasteiger partial charge on any atom is -0.336 e. The Morgan fingerprint density at radius 2 is 2.00 bits per heavy atom. The van der Waals surface area contributed by atoms with Crippen molar-refractivity contribution in [2.75, 3.05) is 13.1 Å². The highest BCUT2D eigenvalue weighted by atomic mass is 16.2. The summed E-state index contributed by atoms with van der Waals surface area (Å²) < 4.78 is 3.80. The Morgan fingerprint density at radius 3 is 2.77 bits per heavy atom. The lowest BCUT2D eigenvalue weighted by Gasteiger charge is -2.31. The van der Waals surface area contributed by atoms with Crippen LogP contribution in [0.25, 0.3) is 0 Å². The fourth-order valence-corrected chi connectivity index (χ4v) is 4.32. The number of aromatic nitrogens is 6. The van der Waals surface area contributed by atoms with Gasteiger partial charge in [0, 0.05) is 32.6 Å². The zero-order chi connectivity index (χ0) is 17.9. The molecule has 2 aliphatic rings. The van der Waals surface area contributed by atoms with E-state index in [4.69, 9.17) is 0 Å². The molecule has 8 heteroatoms. The maximum Gasteiger partial charge on any atom is 0.276 e. The Hall–Kier alpha value is -2.25. The van der Waals surface area contributed by atoms with Crippen LogP contribution < -0.4 is 0 Å². The van der Waals surface area contributed by atoms with Crippen molar-refractivity contribution in [1.29, 1.82) is 0 Å². The lowest BCUT2D eigenvalue weighted by atomic mass is 9.89. The van der Waals surface area contributed by atoms with Crippen molar-refractivity contribution in [3.8, 4) is 0 Å². The van der Waals surface area contributed by atoms with Gasteiger partial charge in [0.1, 0.15) is 12.2 Å². The van der Waals surface area contributed by atoms with Crippen LogP contribution in [0.2, 0.25) is 0 Å². The number of aryl methyl sites for hydroxylation is 1. The van der Waals surface area contributed by atoms with Crippen molar-refractivity contribution in [2.24, 2.45) is 13.0 Å². The summed E-state index contributed by atoms with van der Waals surface area (Å²) in [6, 6.07) is 0. The second-order valence-corrected chi connectivity index (χ2v) is 7.72. The summed E-state index contributed by atoms with van der Waals surface area (Å²) in [5.41, 5.74) is 0.458. The predicted molar refractivity (Wildman–Crippen MR) is 95.5 cm³/mol. The largest absolute Gasteiger partial charge is 0.336 e. The van der Waals surface area contributed by atoms with Crippen molar-refractivity contribution in [2.45, 2.75) is 57.4 Å². The maximum atomic E-state index is 12.9. The van der Waals surface area contributed by atoms with E-state index >= 15 is 0 Å². The monoisotopic (exact) mass is 357 g/mol. The molecule has 1 aliphatic heterocycles. The van der Waals surface area contributed by atoms with Gasteiger partial charge in [0.25, 0.3) is 5.91 Å². The molecule has 26 heavy (non-hydrogen) atoms. The lowest BCUT2D eigenvalue weighted by molar-refractivity contribution is 0.0697. The molecule has 1 saturated carbocycles. The molecular formula is C18H27N7O. The van der Waals surface area contributed by atoms with Gasteiger partial charge in [0.2, 0.25) is 0 Å². The van der Waals surface area contributed by atoms with Gasteiger partial charge in [0.15, 0.2) is 5.69 Å².